The Labute approximate surface area is 160 Å². The highest BCUT2D eigenvalue weighted by atomic mass is 19.1. The minimum absolute atomic E-state index is 0.00286. The number of hydrogen-bond acceptors (Lipinski definition) is 5. The van der Waals surface area contributed by atoms with Crippen molar-refractivity contribution in [1.29, 1.82) is 0 Å². The molecule has 0 saturated carbocycles. The van der Waals surface area contributed by atoms with Crippen molar-refractivity contribution in [3.05, 3.63) is 72.2 Å². The first-order chi connectivity index (χ1) is 13.6. The van der Waals surface area contributed by atoms with Gasteiger partial charge < -0.3 is 15.8 Å². The molecule has 2 heterocycles. The topological polar surface area (TPSA) is 90.1 Å². The first-order valence-corrected chi connectivity index (χ1v) is 8.60. The lowest BCUT2D eigenvalue weighted by Gasteiger charge is -2.12. The van der Waals surface area contributed by atoms with Gasteiger partial charge in [-0.3, -0.25) is 9.78 Å². The number of hydrogen-bond donors (Lipinski definition) is 2. The van der Waals surface area contributed by atoms with Crippen molar-refractivity contribution in [2.45, 2.75) is 6.42 Å². The molecule has 0 aliphatic carbocycles. The van der Waals surface area contributed by atoms with E-state index in [9.17, 15) is 13.6 Å². The minimum Gasteiger partial charge on any atom is -0.491 e. The van der Waals surface area contributed by atoms with E-state index in [2.05, 4.69) is 15.3 Å². The molecule has 0 radical (unpaired) electrons. The molecule has 8 heteroatoms. The van der Waals surface area contributed by atoms with Crippen molar-refractivity contribution in [3.63, 3.8) is 0 Å². The molecule has 3 N–H and O–H groups in total. The molecule has 28 heavy (non-hydrogen) atoms. The van der Waals surface area contributed by atoms with Gasteiger partial charge in [-0.2, -0.15) is 0 Å². The van der Waals surface area contributed by atoms with E-state index < -0.39 is 17.5 Å². The summed E-state index contributed by atoms with van der Waals surface area (Å²) < 4.78 is 33.6. The summed E-state index contributed by atoms with van der Waals surface area (Å²) >= 11 is 0. The van der Waals surface area contributed by atoms with Crippen LogP contribution in [0.5, 0.6) is 5.75 Å². The second kappa shape index (κ2) is 9.01. The first-order valence-electron chi connectivity index (χ1n) is 8.60. The van der Waals surface area contributed by atoms with E-state index in [1.165, 1.54) is 36.7 Å². The second-order valence-corrected chi connectivity index (χ2v) is 5.82. The summed E-state index contributed by atoms with van der Waals surface area (Å²) in [5.41, 5.74) is 5.53. The van der Waals surface area contributed by atoms with Gasteiger partial charge in [-0.25, -0.2) is 13.8 Å². The van der Waals surface area contributed by atoms with Crippen LogP contribution in [0.4, 0.5) is 14.5 Å². The van der Waals surface area contributed by atoms with Gasteiger partial charge in [0, 0.05) is 12.3 Å². The molecule has 0 atom stereocenters. The number of halogens is 2. The minimum atomic E-state index is -0.757. The van der Waals surface area contributed by atoms with Crippen LogP contribution < -0.4 is 15.8 Å². The summed E-state index contributed by atoms with van der Waals surface area (Å²) in [6.07, 6.45) is 3.64. The number of carbonyl (C=O) groups excluding carboxylic acids is 1. The van der Waals surface area contributed by atoms with Crippen LogP contribution in [0.15, 0.2) is 54.9 Å². The third-order valence-electron chi connectivity index (χ3n) is 3.84. The van der Waals surface area contributed by atoms with Crippen molar-refractivity contribution in [2.24, 2.45) is 5.73 Å². The zero-order chi connectivity index (χ0) is 19.9. The zero-order valence-corrected chi connectivity index (χ0v) is 14.9. The van der Waals surface area contributed by atoms with Crippen LogP contribution in [0.25, 0.3) is 11.3 Å². The SMILES string of the molecule is NCCCOc1ccncc1NC(=O)c1cccc(-c2c(F)cccc2F)n1. The molecule has 3 rings (SSSR count). The van der Waals surface area contributed by atoms with E-state index >= 15 is 0 Å². The quantitative estimate of drug-likeness (QED) is 0.610. The second-order valence-electron chi connectivity index (χ2n) is 5.82. The van der Waals surface area contributed by atoms with E-state index in [4.69, 9.17) is 10.5 Å². The molecule has 3 aromatic rings. The van der Waals surface area contributed by atoms with E-state index in [1.807, 2.05) is 0 Å². The number of ether oxygens (including phenoxy) is 1. The third-order valence-corrected chi connectivity index (χ3v) is 3.84. The number of amides is 1. The highest BCUT2D eigenvalue weighted by Crippen LogP contribution is 2.26. The third kappa shape index (κ3) is 4.47. The highest BCUT2D eigenvalue weighted by Gasteiger charge is 2.16. The van der Waals surface area contributed by atoms with Crippen LogP contribution in [-0.4, -0.2) is 29.0 Å². The summed E-state index contributed by atoms with van der Waals surface area (Å²) in [5, 5.41) is 2.65. The van der Waals surface area contributed by atoms with Crippen molar-refractivity contribution >= 4 is 11.6 Å². The maximum absolute atomic E-state index is 14.0. The fraction of sp³-hybridized carbons (Fsp3) is 0.150. The van der Waals surface area contributed by atoms with E-state index in [-0.39, 0.29) is 17.0 Å². The van der Waals surface area contributed by atoms with Crippen LogP contribution in [0.3, 0.4) is 0 Å². The molecule has 0 saturated heterocycles. The maximum atomic E-state index is 14.0. The molecule has 0 bridgehead atoms. The Morgan fingerprint density at radius 3 is 2.61 bits per heavy atom. The number of pyridine rings is 2. The molecule has 0 spiro atoms. The Morgan fingerprint density at radius 2 is 1.86 bits per heavy atom. The molecule has 0 aliphatic rings. The van der Waals surface area contributed by atoms with Crippen molar-refractivity contribution in [1.82, 2.24) is 9.97 Å². The number of aromatic nitrogens is 2. The molecular formula is C20H18F2N4O2. The first kappa shape index (κ1) is 19.4. The summed E-state index contributed by atoms with van der Waals surface area (Å²) in [6.45, 7) is 0.875. The van der Waals surface area contributed by atoms with Crippen molar-refractivity contribution < 1.29 is 18.3 Å². The fourth-order valence-corrected chi connectivity index (χ4v) is 2.50. The predicted octanol–water partition coefficient (Wildman–Crippen LogP) is 3.40. The lowest BCUT2D eigenvalue weighted by Crippen LogP contribution is -2.15. The van der Waals surface area contributed by atoms with Crippen LogP contribution in [-0.2, 0) is 0 Å². The lowest BCUT2D eigenvalue weighted by atomic mass is 10.1. The van der Waals surface area contributed by atoms with Gasteiger partial charge in [0.1, 0.15) is 28.8 Å². The van der Waals surface area contributed by atoms with E-state index in [1.54, 1.807) is 6.07 Å². The molecule has 6 nitrogen and oxygen atoms in total. The molecule has 2 aromatic heterocycles. The van der Waals surface area contributed by atoms with E-state index in [0.717, 1.165) is 12.1 Å². The summed E-state index contributed by atoms with van der Waals surface area (Å²) in [6, 6.07) is 9.53. The van der Waals surface area contributed by atoms with Gasteiger partial charge in [-0.05, 0) is 37.2 Å². The molecule has 0 unspecified atom stereocenters. The standard InChI is InChI=1S/C20H18F2N4O2/c21-13-4-1-5-14(22)19(13)15-6-2-7-16(25-15)20(27)26-17-12-24-10-8-18(17)28-11-3-9-23/h1-2,4-8,10,12H,3,9,11,23H2,(H,26,27). The van der Waals surface area contributed by atoms with Crippen molar-refractivity contribution in [3.8, 4) is 17.0 Å². The molecule has 0 fully saturated rings. The number of nitrogens with zero attached hydrogens (tertiary/aromatic N) is 2. The Kier molecular flexibility index (Phi) is 6.23. The predicted molar refractivity (Wildman–Crippen MR) is 101 cm³/mol. The summed E-state index contributed by atoms with van der Waals surface area (Å²) in [5.74, 6) is -1.64. The Balaban J connectivity index is 1.83. The molecular weight excluding hydrogens is 366 g/mol. The molecule has 1 aromatic carbocycles. The van der Waals surface area contributed by atoms with Gasteiger partial charge in [-0.15, -0.1) is 0 Å². The van der Waals surface area contributed by atoms with Gasteiger partial charge >= 0.3 is 0 Å². The number of rotatable bonds is 7. The van der Waals surface area contributed by atoms with Gasteiger partial charge in [0.05, 0.1) is 24.1 Å². The highest BCUT2D eigenvalue weighted by molar-refractivity contribution is 6.03. The summed E-state index contributed by atoms with van der Waals surface area (Å²) in [4.78, 5) is 20.7. The molecule has 0 aliphatic heterocycles. The Morgan fingerprint density at radius 1 is 1.11 bits per heavy atom. The largest absolute Gasteiger partial charge is 0.491 e. The normalized spacial score (nSPS) is 10.5. The average molecular weight is 384 g/mol. The summed E-state index contributed by atoms with van der Waals surface area (Å²) in [7, 11) is 0. The maximum Gasteiger partial charge on any atom is 0.274 e. The Hall–Kier alpha value is -3.39. The fourth-order valence-electron chi connectivity index (χ4n) is 2.50. The lowest BCUT2D eigenvalue weighted by molar-refractivity contribution is 0.102. The number of nitrogens with one attached hydrogen (secondary N) is 1. The monoisotopic (exact) mass is 384 g/mol. The average Bonchev–Trinajstić information content (AvgIpc) is 2.69. The molecule has 1 amide bonds. The number of nitrogens with two attached hydrogens (primary N) is 1. The number of carbonyl (C=O) groups is 1. The van der Waals surface area contributed by atoms with Gasteiger partial charge in [0.15, 0.2) is 0 Å². The number of benzene rings is 1. The van der Waals surface area contributed by atoms with Crippen LogP contribution in [0.1, 0.15) is 16.9 Å². The Bertz CT molecular complexity index is 962. The van der Waals surface area contributed by atoms with Gasteiger partial charge in [0.2, 0.25) is 0 Å². The zero-order valence-electron chi connectivity index (χ0n) is 14.9. The smallest absolute Gasteiger partial charge is 0.274 e. The van der Waals surface area contributed by atoms with E-state index in [0.29, 0.717) is 31.0 Å². The van der Waals surface area contributed by atoms with Gasteiger partial charge in [-0.1, -0.05) is 12.1 Å². The molecule has 144 valence electrons. The van der Waals surface area contributed by atoms with Crippen LogP contribution in [0, 0.1) is 11.6 Å². The van der Waals surface area contributed by atoms with Crippen LogP contribution >= 0.6 is 0 Å². The van der Waals surface area contributed by atoms with Crippen LogP contribution in [0.2, 0.25) is 0 Å². The van der Waals surface area contributed by atoms with Gasteiger partial charge in [0.25, 0.3) is 5.91 Å². The van der Waals surface area contributed by atoms with Crippen molar-refractivity contribution in [2.75, 3.05) is 18.5 Å². The number of anilines is 1.